The third kappa shape index (κ3) is 5.33. The first kappa shape index (κ1) is 17.4. The van der Waals surface area contributed by atoms with Crippen LogP contribution in [0.2, 0.25) is 0 Å². The van der Waals surface area contributed by atoms with Gasteiger partial charge in [-0.2, -0.15) is 0 Å². The second-order valence-corrected chi connectivity index (χ2v) is 7.44. The topological polar surface area (TPSA) is 43.4 Å². The maximum Gasteiger partial charge on any atom is 0.311 e. The zero-order valence-electron chi connectivity index (χ0n) is 13.9. The van der Waals surface area contributed by atoms with Crippen LogP contribution in [0.5, 0.6) is 0 Å². The zero-order chi connectivity index (χ0) is 16.3. The minimum Gasteiger partial charge on any atom is -0.460 e. The molecule has 3 nitrogen and oxygen atoms in total. The Bertz CT molecular complexity index is 516. The van der Waals surface area contributed by atoms with E-state index in [1.807, 2.05) is 65.8 Å². The Morgan fingerprint density at radius 1 is 0.905 bits per heavy atom. The molecule has 3 heteroatoms. The van der Waals surface area contributed by atoms with E-state index in [4.69, 9.17) is 4.74 Å². The van der Waals surface area contributed by atoms with Gasteiger partial charge in [-0.1, -0.05) is 45.0 Å². The van der Waals surface area contributed by atoms with Crippen molar-refractivity contribution in [3.8, 4) is 0 Å². The molecule has 0 N–H and O–H groups in total. The quantitative estimate of drug-likeness (QED) is 0.789. The molecule has 0 radical (unpaired) electrons. The molecule has 0 aliphatic carbocycles. The lowest BCUT2D eigenvalue weighted by Gasteiger charge is -2.19. The summed E-state index contributed by atoms with van der Waals surface area (Å²) in [6, 6.07) is 7.62. The highest BCUT2D eigenvalue weighted by molar-refractivity contribution is 5.86. The van der Waals surface area contributed by atoms with Gasteiger partial charge >= 0.3 is 5.97 Å². The molecule has 0 atom stereocenters. The Hall–Kier alpha value is -1.64. The van der Waals surface area contributed by atoms with Crippen LogP contribution in [0.15, 0.2) is 24.3 Å². The minimum absolute atomic E-state index is 0.178. The minimum atomic E-state index is -0.518. The molecule has 0 saturated heterocycles. The molecule has 0 bridgehead atoms. The molecule has 1 aromatic rings. The lowest BCUT2D eigenvalue weighted by atomic mass is 9.86. The number of benzene rings is 1. The van der Waals surface area contributed by atoms with Crippen molar-refractivity contribution >= 4 is 11.8 Å². The second kappa shape index (κ2) is 6.42. The molecule has 0 heterocycles. The fourth-order valence-corrected chi connectivity index (χ4v) is 1.67. The molecule has 1 aromatic carbocycles. The number of rotatable bonds is 4. The Morgan fingerprint density at radius 3 is 1.90 bits per heavy atom. The van der Waals surface area contributed by atoms with Crippen LogP contribution in [0.4, 0.5) is 0 Å². The molecule has 0 aliphatic heterocycles. The van der Waals surface area contributed by atoms with Crippen molar-refractivity contribution in [3.05, 3.63) is 35.4 Å². The third-order valence-corrected chi connectivity index (χ3v) is 3.28. The molecular formula is C18H26O3. The van der Waals surface area contributed by atoms with Gasteiger partial charge in [-0.05, 0) is 31.9 Å². The first-order chi connectivity index (χ1) is 9.51. The Morgan fingerprint density at radius 2 is 1.43 bits per heavy atom. The summed E-state index contributed by atoms with van der Waals surface area (Å²) in [5, 5.41) is 0. The summed E-state index contributed by atoms with van der Waals surface area (Å²) in [5.74, 6) is -0.0588. The molecule has 0 saturated carbocycles. The van der Waals surface area contributed by atoms with Crippen molar-refractivity contribution in [1.82, 2.24) is 0 Å². The van der Waals surface area contributed by atoms with Crippen molar-refractivity contribution in [1.29, 1.82) is 0 Å². The molecule has 116 valence electrons. The fraction of sp³-hybridized carbons (Fsp3) is 0.556. The van der Waals surface area contributed by atoms with E-state index in [9.17, 15) is 9.59 Å². The van der Waals surface area contributed by atoms with Gasteiger partial charge in [0.25, 0.3) is 0 Å². The van der Waals surface area contributed by atoms with E-state index in [0.29, 0.717) is 6.42 Å². The molecule has 0 aliphatic rings. The van der Waals surface area contributed by atoms with Crippen molar-refractivity contribution in [2.75, 3.05) is 0 Å². The lowest BCUT2D eigenvalue weighted by molar-refractivity contribution is -0.154. The number of hydrogen-bond donors (Lipinski definition) is 0. The fourth-order valence-electron chi connectivity index (χ4n) is 1.67. The summed E-state index contributed by atoms with van der Waals surface area (Å²) in [4.78, 5) is 24.0. The van der Waals surface area contributed by atoms with Gasteiger partial charge in [0, 0.05) is 11.8 Å². The second-order valence-electron chi connectivity index (χ2n) is 7.44. The average Bonchev–Trinajstić information content (AvgIpc) is 2.35. The molecule has 0 aromatic heterocycles. The van der Waals surface area contributed by atoms with Crippen molar-refractivity contribution in [2.45, 2.75) is 54.6 Å². The zero-order valence-corrected chi connectivity index (χ0v) is 13.9. The van der Waals surface area contributed by atoms with Crippen molar-refractivity contribution < 1.29 is 14.3 Å². The van der Waals surface area contributed by atoms with Crippen LogP contribution in [-0.4, -0.2) is 11.8 Å². The van der Waals surface area contributed by atoms with E-state index in [1.54, 1.807) is 0 Å². The highest BCUT2D eigenvalue weighted by atomic mass is 16.5. The lowest BCUT2D eigenvalue weighted by Crippen LogP contribution is -2.24. The summed E-state index contributed by atoms with van der Waals surface area (Å²) >= 11 is 0. The van der Waals surface area contributed by atoms with Crippen LogP contribution in [0, 0.1) is 10.8 Å². The summed E-state index contributed by atoms with van der Waals surface area (Å²) < 4.78 is 5.35. The average molecular weight is 290 g/mol. The van der Waals surface area contributed by atoms with E-state index >= 15 is 0 Å². The van der Waals surface area contributed by atoms with Crippen LogP contribution < -0.4 is 0 Å². The van der Waals surface area contributed by atoms with E-state index in [1.165, 1.54) is 0 Å². The highest BCUT2D eigenvalue weighted by Crippen LogP contribution is 2.21. The van der Waals surface area contributed by atoms with Crippen LogP contribution in [0.3, 0.4) is 0 Å². The van der Waals surface area contributed by atoms with Gasteiger partial charge in [-0.3, -0.25) is 9.59 Å². The third-order valence-electron chi connectivity index (χ3n) is 3.28. The summed E-state index contributed by atoms with van der Waals surface area (Å²) in [6.45, 7) is 11.4. The number of ether oxygens (including phenoxy) is 1. The number of carbonyl (C=O) groups is 2. The van der Waals surface area contributed by atoms with Crippen LogP contribution in [-0.2, 0) is 27.4 Å². The molecule has 0 amide bonds. The number of esters is 1. The highest BCUT2D eigenvalue weighted by Gasteiger charge is 2.24. The van der Waals surface area contributed by atoms with Gasteiger partial charge in [0.05, 0.1) is 5.41 Å². The van der Waals surface area contributed by atoms with Gasteiger partial charge in [-0.15, -0.1) is 0 Å². The summed E-state index contributed by atoms with van der Waals surface area (Å²) in [6.07, 6.45) is 0.368. The SMILES string of the molecule is CC(C)(C)C(=O)Cc1ccccc1COC(=O)C(C)(C)C. The Labute approximate surface area is 127 Å². The molecule has 0 spiro atoms. The molecule has 21 heavy (non-hydrogen) atoms. The van der Waals surface area contributed by atoms with E-state index < -0.39 is 5.41 Å². The van der Waals surface area contributed by atoms with Crippen molar-refractivity contribution in [2.24, 2.45) is 10.8 Å². The van der Waals surface area contributed by atoms with Crippen molar-refractivity contribution in [3.63, 3.8) is 0 Å². The summed E-state index contributed by atoms with van der Waals surface area (Å²) in [5.41, 5.74) is 0.942. The van der Waals surface area contributed by atoms with Gasteiger partial charge in [0.15, 0.2) is 0 Å². The predicted molar refractivity (Wildman–Crippen MR) is 83.9 cm³/mol. The smallest absolute Gasteiger partial charge is 0.311 e. The Kier molecular flexibility index (Phi) is 5.32. The summed E-state index contributed by atoms with van der Waals surface area (Å²) in [7, 11) is 0. The molecular weight excluding hydrogens is 264 g/mol. The van der Waals surface area contributed by atoms with Gasteiger partial charge in [0.2, 0.25) is 0 Å². The number of carbonyl (C=O) groups excluding carboxylic acids is 2. The van der Waals surface area contributed by atoms with Gasteiger partial charge < -0.3 is 4.74 Å². The normalized spacial score (nSPS) is 12.1. The number of Topliss-reactive ketones (excluding diaryl/α,β-unsaturated/α-hetero) is 1. The predicted octanol–water partition coefficient (Wildman–Crippen LogP) is 3.93. The monoisotopic (exact) mass is 290 g/mol. The maximum absolute atomic E-state index is 12.2. The molecule has 1 rings (SSSR count). The number of hydrogen-bond acceptors (Lipinski definition) is 3. The van der Waals surface area contributed by atoms with E-state index in [2.05, 4.69) is 0 Å². The molecule has 0 fully saturated rings. The van der Waals surface area contributed by atoms with Crippen LogP contribution >= 0.6 is 0 Å². The van der Waals surface area contributed by atoms with Gasteiger partial charge in [-0.25, -0.2) is 0 Å². The first-order valence-electron chi connectivity index (χ1n) is 7.29. The van der Waals surface area contributed by atoms with Crippen LogP contribution in [0.25, 0.3) is 0 Å². The van der Waals surface area contributed by atoms with Gasteiger partial charge in [0.1, 0.15) is 12.4 Å². The van der Waals surface area contributed by atoms with Crippen LogP contribution in [0.1, 0.15) is 52.7 Å². The molecule has 0 unspecified atom stereocenters. The first-order valence-corrected chi connectivity index (χ1v) is 7.29. The largest absolute Gasteiger partial charge is 0.460 e. The maximum atomic E-state index is 12.2. The van der Waals surface area contributed by atoms with E-state index in [-0.39, 0.29) is 23.8 Å². The standard InChI is InChI=1S/C18H26O3/c1-17(2,3)15(19)11-13-9-7-8-10-14(13)12-21-16(20)18(4,5)6/h7-10H,11-12H2,1-6H3. The van der Waals surface area contributed by atoms with E-state index in [0.717, 1.165) is 11.1 Å². The Balaban J connectivity index is 2.81. The number of ketones is 1.